The van der Waals surface area contributed by atoms with Gasteiger partial charge in [-0.1, -0.05) is 55.2 Å². The van der Waals surface area contributed by atoms with Gasteiger partial charge in [-0.25, -0.2) is 0 Å². The topological polar surface area (TPSA) is 9.23 Å². The van der Waals surface area contributed by atoms with E-state index in [2.05, 4.69) is 50.3 Å². The summed E-state index contributed by atoms with van der Waals surface area (Å²) in [5.74, 6) is 2.51. The maximum atomic E-state index is 6.12. The molecule has 1 nitrogen and oxygen atoms in total. The fraction of sp³-hybridized carbons (Fsp3) is 0.391. The van der Waals surface area contributed by atoms with Crippen LogP contribution in [0.15, 0.2) is 54.1 Å². The molecule has 1 fully saturated rings. The maximum Gasteiger partial charge on any atom is 0.130 e. The van der Waals surface area contributed by atoms with Crippen LogP contribution in [0.4, 0.5) is 0 Å². The van der Waals surface area contributed by atoms with E-state index in [4.69, 9.17) is 4.74 Å². The molecule has 1 heteroatoms. The van der Waals surface area contributed by atoms with Gasteiger partial charge in [-0.15, -0.1) is 0 Å². The fourth-order valence-electron chi connectivity index (χ4n) is 3.37. The Morgan fingerprint density at radius 1 is 1.08 bits per heavy atom. The number of ether oxygens (including phenoxy) is 1. The average Bonchev–Trinajstić information content (AvgIpc) is 2.62. The maximum absolute atomic E-state index is 6.12. The predicted molar refractivity (Wildman–Crippen MR) is 101 cm³/mol. The summed E-state index contributed by atoms with van der Waals surface area (Å²) < 4.78 is 6.12. The van der Waals surface area contributed by atoms with Crippen LogP contribution in [0.2, 0.25) is 0 Å². The molecular weight excluding hydrogens is 292 g/mol. The van der Waals surface area contributed by atoms with Gasteiger partial charge in [-0.3, -0.25) is 0 Å². The normalized spacial score (nSPS) is 15.1. The van der Waals surface area contributed by atoms with E-state index >= 15 is 0 Å². The first-order chi connectivity index (χ1) is 11.7. The van der Waals surface area contributed by atoms with E-state index in [-0.39, 0.29) is 0 Å². The van der Waals surface area contributed by atoms with Crippen molar-refractivity contribution in [2.75, 3.05) is 0 Å². The van der Waals surface area contributed by atoms with Crippen LogP contribution in [-0.2, 0) is 6.42 Å². The number of allylic oxidation sites excluding steroid dienone is 2. The predicted octanol–water partition coefficient (Wildman–Crippen LogP) is 6.84. The summed E-state index contributed by atoms with van der Waals surface area (Å²) >= 11 is 0. The third-order valence-electron chi connectivity index (χ3n) is 4.78. The quantitative estimate of drug-likeness (QED) is 0.548. The van der Waals surface area contributed by atoms with E-state index in [1.54, 1.807) is 0 Å². The first-order valence-electron chi connectivity index (χ1n) is 9.13. The number of benzene rings is 2. The summed E-state index contributed by atoms with van der Waals surface area (Å²) in [4.78, 5) is 0. The van der Waals surface area contributed by atoms with Crippen LogP contribution in [0, 0.1) is 6.07 Å². The number of para-hydroxylation sites is 1. The van der Waals surface area contributed by atoms with Crippen LogP contribution in [0.5, 0.6) is 11.5 Å². The van der Waals surface area contributed by atoms with Crippen molar-refractivity contribution < 1.29 is 4.74 Å². The summed E-state index contributed by atoms with van der Waals surface area (Å²) in [7, 11) is 0. The standard InChI is InChI=1S/C23H27O/c1-18(2)12-13-21-10-6-7-11-23(21)24-22-16-14-20(15-17-22)19-8-4-3-5-9-19/h6-7,10-12,14,16-17,19H,3-5,8-9,13H2,1-2H3. The zero-order chi connectivity index (χ0) is 16.8. The van der Waals surface area contributed by atoms with Crippen molar-refractivity contribution in [3.8, 4) is 11.5 Å². The van der Waals surface area contributed by atoms with Crippen LogP contribution in [0.3, 0.4) is 0 Å². The highest BCUT2D eigenvalue weighted by atomic mass is 16.5. The van der Waals surface area contributed by atoms with Crippen molar-refractivity contribution in [1.82, 2.24) is 0 Å². The molecule has 0 unspecified atom stereocenters. The third-order valence-corrected chi connectivity index (χ3v) is 4.78. The van der Waals surface area contributed by atoms with Gasteiger partial charge in [0.15, 0.2) is 0 Å². The van der Waals surface area contributed by atoms with Crippen LogP contribution >= 0.6 is 0 Å². The molecule has 2 aromatic rings. The minimum absolute atomic E-state index is 0.692. The molecule has 1 saturated carbocycles. The molecule has 24 heavy (non-hydrogen) atoms. The van der Waals surface area contributed by atoms with Gasteiger partial charge in [-0.2, -0.15) is 0 Å². The van der Waals surface area contributed by atoms with Crippen LogP contribution in [0.25, 0.3) is 0 Å². The van der Waals surface area contributed by atoms with Gasteiger partial charge >= 0.3 is 0 Å². The molecule has 125 valence electrons. The molecule has 0 saturated heterocycles. The Morgan fingerprint density at radius 3 is 2.58 bits per heavy atom. The minimum Gasteiger partial charge on any atom is -0.457 e. The van der Waals surface area contributed by atoms with Crippen molar-refractivity contribution >= 4 is 0 Å². The molecule has 0 spiro atoms. The lowest BCUT2D eigenvalue weighted by atomic mass is 9.84. The number of rotatable bonds is 5. The van der Waals surface area contributed by atoms with E-state index in [1.807, 2.05) is 18.2 Å². The lowest BCUT2D eigenvalue weighted by molar-refractivity contribution is 0.441. The Labute approximate surface area is 146 Å². The first-order valence-corrected chi connectivity index (χ1v) is 9.13. The largest absolute Gasteiger partial charge is 0.457 e. The van der Waals surface area contributed by atoms with Crippen molar-refractivity contribution in [2.24, 2.45) is 0 Å². The molecule has 3 rings (SSSR count). The summed E-state index contributed by atoms with van der Waals surface area (Å²) in [5.41, 5.74) is 3.89. The minimum atomic E-state index is 0.692. The van der Waals surface area contributed by atoms with E-state index < -0.39 is 0 Å². The summed E-state index contributed by atoms with van der Waals surface area (Å²) in [6.45, 7) is 4.25. The van der Waals surface area contributed by atoms with Crippen LogP contribution < -0.4 is 4.74 Å². The molecule has 0 heterocycles. The second-order valence-corrected chi connectivity index (χ2v) is 7.01. The first kappa shape index (κ1) is 16.8. The second kappa shape index (κ2) is 8.19. The lowest BCUT2D eigenvalue weighted by Gasteiger charge is -2.21. The zero-order valence-corrected chi connectivity index (χ0v) is 14.8. The molecule has 2 aromatic carbocycles. The van der Waals surface area contributed by atoms with E-state index in [1.165, 1.54) is 48.8 Å². The highest BCUT2D eigenvalue weighted by molar-refractivity contribution is 5.39. The van der Waals surface area contributed by atoms with Crippen molar-refractivity contribution in [3.63, 3.8) is 0 Å². The summed E-state index contributed by atoms with van der Waals surface area (Å²) in [5, 5.41) is 0. The highest BCUT2D eigenvalue weighted by Gasteiger charge is 2.15. The van der Waals surface area contributed by atoms with Crippen molar-refractivity contribution in [2.45, 2.75) is 58.3 Å². The molecule has 0 N–H and O–H groups in total. The van der Waals surface area contributed by atoms with Crippen LogP contribution in [-0.4, -0.2) is 0 Å². The monoisotopic (exact) mass is 319 g/mol. The SMILES string of the molecule is CC(C)=CCc1ccccc1Oc1c[c]c(C2CCCCC2)cc1. The van der Waals surface area contributed by atoms with Crippen molar-refractivity contribution in [1.29, 1.82) is 0 Å². The van der Waals surface area contributed by atoms with Gasteiger partial charge in [0.2, 0.25) is 0 Å². The Kier molecular flexibility index (Phi) is 5.74. The van der Waals surface area contributed by atoms with Gasteiger partial charge < -0.3 is 4.74 Å². The number of hydrogen-bond acceptors (Lipinski definition) is 1. The summed E-state index contributed by atoms with van der Waals surface area (Å²) in [6, 6.07) is 18.0. The van der Waals surface area contributed by atoms with Crippen molar-refractivity contribution in [3.05, 3.63) is 71.3 Å². The Hall–Kier alpha value is -2.02. The second-order valence-electron chi connectivity index (χ2n) is 7.01. The molecule has 1 radical (unpaired) electrons. The van der Waals surface area contributed by atoms with Gasteiger partial charge in [0.25, 0.3) is 0 Å². The van der Waals surface area contributed by atoms with Gasteiger partial charge in [-0.05, 0) is 74.4 Å². The molecule has 1 aliphatic rings. The average molecular weight is 319 g/mol. The molecular formula is C23H27O. The smallest absolute Gasteiger partial charge is 0.130 e. The Balaban J connectivity index is 1.71. The molecule has 0 bridgehead atoms. The van der Waals surface area contributed by atoms with Gasteiger partial charge in [0.05, 0.1) is 0 Å². The molecule has 0 amide bonds. The van der Waals surface area contributed by atoms with E-state index in [0.29, 0.717) is 5.92 Å². The van der Waals surface area contributed by atoms with Gasteiger partial charge in [0.1, 0.15) is 11.5 Å². The number of hydrogen-bond donors (Lipinski definition) is 0. The molecule has 0 atom stereocenters. The molecule has 0 aliphatic heterocycles. The fourth-order valence-corrected chi connectivity index (χ4v) is 3.37. The highest BCUT2D eigenvalue weighted by Crippen LogP contribution is 2.34. The van der Waals surface area contributed by atoms with Crippen LogP contribution in [0.1, 0.15) is 63.0 Å². The Morgan fingerprint density at radius 2 is 1.88 bits per heavy atom. The van der Waals surface area contributed by atoms with E-state index in [9.17, 15) is 0 Å². The summed E-state index contributed by atoms with van der Waals surface area (Å²) in [6.07, 6.45) is 9.86. The van der Waals surface area contributed by atoms with E-state index in [0.717, 1.165) is 17.9 Å². The zero-order valence-electron chi connectivity index (χ0n) is 14.8. The third kappa shape index (κ3) is 4.50. The Bertz CT molecular complexity index is 671. The lowest BCUT2D eigenvalue weighted by Crippen LogP contribution is -2.04. The molecule has 0 aromatic heterocycles. The molecule has 1 aliphatic carbocycles. The van der Waals surface area contributed by atoms with Gasteiger partial charge in [0, 0.05) is 0 Å².